The van der Waals surface area contributed by atoms with E-state index in [1.54, 1.807) is 25.3 Å². The predicted molar refractivity (Wildman–Crippen MR) is 77.2 cm³/mol. The zero-order valence-electron chi connectivity index (χ0n) is 11.8. The molecule has 0 aliphatic rings. The third-order valence-electron chi connectivity index (χ3n) is 3.35. The number of nitro groups is 1. The van der Waals surface area contributed by atoms with Gasteiger partial charge in [-0.25, -0.2) is 4.98 Å². The van der Waals surface area contributed by atoms with Crippen molar-refractivity contribution in [2.24, 2.45) is 11.7 Å². The van der Waals surface area contributed by atoms with Gasteiger partial charge in [0.25, 0.3) is 5.69 Å². The molecule has 1 aromatic carbocycles. The summed E-state index contributed by atoms with van der Waals surface area (Å²) in [5.74, 6) is 0.958. The number of rotatable bonds is 4. The van der Waals surface area contributed by atoms with Gasteiger partial charge in [0.2, 0.25) is 0 Å². The largest absolute Gasteiger partial charge is 0.341 e. The van der Waals surface area contributed by atoms with Gasteiger partial charge < -0.3 is 10.7 Å². The number of imidazole rings is 1. The number of aryl methyl sites for hydroxylation is 1. The standard InChI is InChI=1S/C14H18N4O2/c1-8(2)13(15)14-16-7-11(17-14)10-5-4-9(3)12(6-10)18(19)20/h4-8,13H,15H2,1-3H3,(H,16,17). The molecule has 20 heavy (non-hydrogen) atoms. The zero-order valence-corrected chi connectivity index (χ0v) is 11.8. The topological polar surface area (TPSA) is 97.8 Å². The van der Waals surface area contributed by atoms with Crippen LogP contribution in [0.4, 0.5) is 5.69 Å². The number of aromatic amines is 1. The number of nitrogens with two attached hydrogens (primary N) is 1. The molecule has 0 aliphatic heterocycles. The van der Waals surface area contributed by atoms with E-state index in [4.69, 9.17) is 5.73 Å². The van der Waals surface area contributed by atoms with Gasteiger partial charge in [-0.15, -0.1) is 0 Å². The maximum absolute atomic E-state index is 11.0. The summed E-state index contributed by atoms with van der Waals surface area (Å²) < 4.78 is 0. The van der Waals surface area contributed by atoms with E-state index in [2.05, 4.69) is 9.97 Å². The molecule has 6 nitrogen and oxygen atoms in total. The van der Waals surface area contributed by atoms with E-state index in [0.29, 0.717) is 11.4 Å². The molecule has 1 unspecified atom stereocenters. The Labute approximate surface area is 117 Å². The molecule has 1 aromatic heterocycles. The molecule has 0 saturated carbocycles. The summed E-state index contributed by atoms with van der Waals surface area (Å²) in [6, 6.07) is 4.94. The van der Waals surface area contributed by atoms with E-state index >= 15 is 0 Å². The van der Waals surface area contributed by atoms with Crippen LogP contribution in [0.2, 0.25) is 0 Å². The number of nitrogens with one attached hydrogen (secondary N) is 1. The highest BCUT2D eigenvalue weighted by Gasteiger charge is 2.16. The SMILES string of the molecule is Cc1ccc(-c2cnc(C(N)C(C)C)[nH]2)cc1[N+](=O)[O-]. The number of hydrogen-bond acceptors (Lipinski definition) is 4. The minimum absolute atomic E-state index is 0.104. The van der Waals surface area contributed by atoms with Gasteiger partial charge in [-0.2, -0.15) is 0 Å². The Morgan fingerprint density at radius 1 is 1.40 bits per heavy atom. The Bertz CT molecular complexity index is 634. The fourth-order valence-electron chi connectivity index (χ4n) is 1.94. The normalized spacial score (nSPS) is 12.7. The van der Waals surface area contributed by atoms with Crippen LogP contribution in [0.15, 0.2) is 24.4 Å². The van der Waals surface area contributed by atoms with Crippen molar-refractivity contribution in [2.45, 2.75) is 26.8 Å². The van der Waals surface area contributed by atoms with Gasteiger partial charge in [-0.1, -0.05) is 26.0 Å². The van der Waals surface area contributed by atoms with Gasteiger partial charge in [-0.05, 0) is 12.8 Å². The van der Waals surface area contributed by atoms with Crippen LogP contribution in [0.5, 0.6) is 0 Å². The van der Waals surface area contributed by atoms with Crippen LogP contribution in [0.3, 0.4) is 0 Å². The van der Waals surface area contributed by atoms with E-state index in [1.165, 1.54) is 0 Å². The molecule has 0 saturated heterocycles. The quantitative estimate of drug-likeness (QED) is 0.661. The van der Waals surface area contributed by atoms with Gasteiger partial charge in [0.15, 0.2) is 0 Å². The first-order valence-electron chi connectivity index (χ1n) is 6.46. The average Bonchev–Trinajstić information content (AvgIpc) is 2.87. The number of hydrogen-bond donors (Lipinski definition) is 2. The van der Waals surface area contributed by atoms with Gasteiger partial charge >= 0.3 is 0 Å². The summed E-state index contributed by atoms with van der Waals surface area (Å²) in [6.45, 7) is 5.75. The number of aromatic nitrogens is 2. The molecule has 0 fully saturated rings. The smallest absolute Gasteiger partial charge is 0.272 e. The fourth-order valence-corrected chi connectivity index (χ4v) is 1.94. The second-order valence-corrected chi connectivity index (χ2v) is 5.21. The molecule has 1 heterocycles. The number of nitro benzene ring substituents is 1. The van der Waals surface area contributed by atoms with Gasteiger partial charge in [0.05, 0.1) is 22.9 Å². The van der Waals surface area contributed by atoms with Crippen LogP contribution >= 0.6 is 0 Å². The average molecular weight is 274 g/mol. The van der Waals surface area contributed by atoms with Crippen molar-refractivity contribution in [3.63, 3.8) is 0 Å². The Balaban J connectivity index is 2.38. The lowest BCUT2D eigenvalue weighted by molar-refractivity contribution is -0.385. The van der Waals surface area contributed by atoms with E-state index < -0.39 is 0 Å². The van der Waals surface area contributed by atoms with E-state index in [0.717, 1.165) is 11.3 Å². The van der Waals surface area contributed by atoms with Gasteiger partial charge in [0.1, 0.15) is 5.82 Å². The number of benzene rings is 1. The predicted octanol–water partition coefficient (Wildman–Crippen LogP) is 2.95. The molecule has 2 rings (SSSR count). The van der Waals surface area contributed by atoms with Crippen molar-refractivity contribution < 1.29 is 4.92 Å². The van der Waals surface area contributed by atoms with Crippen molar-refractivity contribution in [2.75, 3.05) is 0 Å². The molecular weight excluding hydrogens is 256 g/mol. The third-order valence-corrected chi connectivity index (χ3v) is 3.35. The zero-order chi connectivity index (χ0) is 14.9. The molecular formula is C14H18N4O2. The van der Waals surface area contributed by atoms with Crippen LogP contribution in [-0.2, 0) is 0 Å². The molecule has 6 heteroatoms. The molecule has 0 bridgehead atoms. The Morgan fingerprint density at radius 2 is 2.10 bits per heavy atom. The van der Waals surface area contributed by atoms with Crippen molar-refractivity contribution in [3.8, 4) is 11.3 Å². The van der Waals surface area contributed by atoms with Crippen molar-refractivity contribution >= 4 is 5.69 Å². The van der Waals surface area contributed by atoms with Crippen LogP contribution in [0, 0.1) is 23.0 Å². The highest BCUT2D eigenvalue weighted by Crippen LogP contribution is 2.27. The van der Waals surface area contributed by atoms with E-state index in [9.17, 15) is 10.1 Å². The van der Waals surface area contributed by atoms with Crippen LogP contribution < -0.4 is 5.73 Å². The lowest BCUT2D eigenvalue weighted by atomic mass is 10.1. The molecule has 1 atom stereocenters. The molecule has 106 valence electrons. The molecule has 0 aliphatic carbocycles. The summed E-state index contributed by atoms with van der Waals surface area (Å²) in [5.41, 5.74) is 8.24. The minimum atomic E-state index is -0.379. The lowest BCUT2D eigenvalue weighted by Crippen LogP contribution is -2.18. The van der Waals surface area contributed by atoms with Crippen LogP contribution in [0.1, 0.15) is 31.3 Å². The van der Waals surface area contributed by atoms with Gasteiger partial charge in [-0.3, -0.25) is 10.1 Å². The second kappa shape index (κ2) is 5.42. The minimum Gasteiger partial charge on any atom is -0.341 e. The summed E-state index contributed by atoms with van der Waals surface area (Å²) >= 11 is 0. The van der Waals surface area contributed by atoms with E-state index in [-0.39, 0.29) is 22.6 Å². The first-order chi connectivity index (χ1) is 9.40. The summed E-state index contributed by atoms with van der Waals surface area (Å²) in [6.07, 6.45) is 1.66. The van der Waals surface area contributed by atoms with Crippen molar-refractivity contribution in [1.29, 1.82) is 0 Å². The van der Waals surface area contributed by atoms with E-state index in [1.807, 2.05) is 19.9 Å². The molecule has 2 aromatic rings. The maximum atomic E-state index is 11.0. The van der Waals surface area contributed by atoms with Crippen molar-refractivity contribution in [1.82, 2.24) is 9.97 Å². The Hall–Kier alpha value is -2.21. The second-order valence-electron chi connectivity index (χ2n) is 5.21. The van der Waals surface area contributed by atoms with Crippen molar-refractivity contribution in [3.05, 3.63) is 45.9 Å². The fraction of sp³-hybridized carbons (Fsp3) is 0.357. The molecule has 0 radical (unpaired) electrons. The van der Waals surface area contributed by atoms with Gasteiger partial charge in [0, 0.05) is 17.2 Å². The molecule has 0 spiro atoms. The highest BCUT2D eigenvalue weighted by atomic mass is 16.6. The monoisotopic (exact) mass is 274 g/mol. The summed E-state index contributed by atoms with van der Waals surface area (Å²) in [5, 5.41) is 11.0. The Morgan fingerprint density at radius 3 is 2.70 bits per heavy atom. The summed E-state index contributed by atoms with van der Waals surface area (Å²) in [7, 11) is 0. The number of nitrogens with zero attached hydrogens (tertiary/aromatic N) is 2. The Kier molecular flexibility index (Phi) is 3.85. The molecule has 0 amide bonds. The first kappa shape index (κ1) is 14.2. The molecule has 3 N–H and O–H groups in total. The van der Waals surface area contributed by atoms with Crippen LogP contribution in [0.25, 0.3) is 11.3 Å². The first-order valence-corrected chi connectivity index (χ1v) is 6.46. The number of H-pyrrole nitrogens is 1. The third kappa shape index (κ3) is 2.70. The van der Waals surface area contributed by atoms with Crippen LogP contribution in [-0.4, -0.2) is 14.9 Å². The summed E-state index contributed by atoms with van der Waals surface area (Å²) in [4.78, 5) is 18.0. The highest BCUT2D eigenvalue weighted by molar-refractivity contribution is 5.63. The maximum Gasteiger partial charge on any atom is 0.272 e. The lowest BCUT2D eigenvalue weighted by Gasteiger charge is -2.12.